The van der Waals surface area contributed by atoms with Crippen molar-refractivity contribution in [2.75, 3.05) is 11.9 Å². The number of hydrogen-bond acceptors (Lipinski definition) is 4. The number of hydrogen-bond donors (Lipinski definition) is 2. The largest absolute Gasteiger partial charge is 0.416 e. The number of halogens is 3. The van der Waals surface area contributed by atoms with Crippen molar-refractivity contribution in [2.24, 2.45) is 11.7 Å². The van der Waals surface area contributed by atoms with Crippen LogP contribution in [0.2, 0.25) is 0 Å². The fourth-order valence-corrected chi connectivity index (χ4v) is 1.47. The maximum absolute atomic E-state index is 12.5. The van der Waals surface area contributed by atoms with E-state index in [2.05, 4.69) is 5.32 Å². The summed E-state index contributed by atoms with van der Waals surface area (Å²) in [5.74, 6) is 0.149. The summed E-state index contributed by atoms with van der Waals surface area (Å²) in [7, 11) is 0. The molecule has 1 aromatic rings. The number of nitrogens with two attached hydrogens (primary N) is 1. The van der Waals surface area contributed by atoms with Crippen LogP contribution in [0.1, 0.15) is 19.4 Å². The number of nitrogens with zero attached hydrogens (tertiary/aromatic N) is 1. The molecule has 0 amide bonds. The number of anilines is 1. The van der Waals surface area contributed by atoms with Crippen LogP contribution in [0.3, 0.4) is 0 Å². The highest BCUT2D eigenvalue weighted by Crippen LogP contribution is 2.34. The average molecular weight is 291 g/mol. The second-order valence-corrected chi connectivity index (χ2v) is 4.78. The van der Waals surface area contributed by atoms with Crippen LogP contribution in [0, 0.1) is 16.0 Å². The summed E-state index contributed by atoms with van der Waals surface area (Å²) < 4.78 is 37.6. The molecule has 0 aliphatic heterocycles. The lowest BCUT2D eigenvalue weighted by Crippen LogP contribution is -2.34. The molecular formula is C12H16F3N3O2. The van der Waals surface area contributed by atoms with E-state index in [-0.39, 0.29) is 24.2 Å². The molecule has 8 heteroatoms. The van der Waals surface area contributed by atoms with E-state index in [9.17, 15) is 23.3 Å². The summed E-state index contributed by atoms with van der Waals surface area (Å²) in [6, 6.07) is 2.12. The summed E-state index contributed by atoms with van der Waals surface area (Å²) in [6.45, 7) is 4.00. The normalized spacial score (nSPS) is 13.3. The molecule has 5 nitrogen and oxygen atoms in total. The average Bonchev–Trinajstić information content (AvgIpc) is 2.34. The number of nitro groups is 1. The second kappa shape index (κ2) is 6.08. The van der Waals surface area contributed by atoms with Gasteiger partial charge in [0.25, 0.3) is 5.69 Å². The van der Waals surface area contributed by atoms with Gasteiger partial charge in [-0.2, -0.15) is 13.2 Å². The third kappa shape index (κ3) is 4.09. The van der Waals surface area contributed by atoms with Crippen LogP contribution < -0.4 is 11.1 Å². The minimum Gasteiger partial charge on any atom is -0.378 e. The lowest BCUT2D eigenvalue weighted by atomic mass is 10.1. The Labute approximate surface area is 114 Å². The summed E-state index contributed by atoms with van der Waals surface area (Å²) in [6.07, 6.45) is -4.61. The molecule has 0 aliphatic rings. The first-order chi connectivity index (χ1) is 9.12. The Morgan fingerprint density at radius 2 is 2.00 bits per heavy atom. The van der Waals surface area contributed by atoms with E-state index >= 15 is 0 Å². The zero-order chi connectivity index (χ0) is 15.5. The summed E-state index contributed by atoms with van der Waals surface area (Å²) in [5.41, 5.74) is 4.14. The fraction of sp³-hybridized carbons (Fsp3) is 0.500. The van der Waals surface area contributed by atoms with Gasteiger partial charge in [0.05, 0.1) is 10.5 Å². The van der Waals surface area contributed by atoms with Gasteiger partial charge in [-0.3, -0.25) is 10.1 Å². The van der Waals surface area contributed by atoms with Crippen LogP contribution in [0.15, 0.2) is 18.2 Å². The first-order valence-corrected chi connectivity index (χ1v) is 5.98. The Hall–Kier alpha value is -1.83. The zero-order valence-corrected chi connectivity index (χ0v) is 11.1. The monoisotopic (exact) mass is 291 g/mol. The molecular weight excluding hydrogens is 275 g/mol. The maximum atomic E-state index is 12.5. The molecule has 0 radical (unpaired) electrons. The molecule has 0 aromatic heterocycles. The standard InChI is InChI=1S/C12H16F3N3O2/c1-7(2)9(16)6-17-10-4-3-8(12(13,14)15)5-11(10)18(19)20/h3-5,7,9,17H,6,16H2,1-2H3. The van der Waals surface area contributed by atoms with Crippen LogP contribution >= 0.6 is 0 Å². The van der Waals surface area contributed by atoms with E-state index in [4.69, 9.17) is 5.73 Å². The van der Waals surface area contributed by atoms with Crippen molar-refractivity contribution in [3.05, 3.63) is 33.9 Å². The minimum absolute atomic E-state index is 0.0269. The molecule has 0 aliphatic carbocycles. The van der Waals surface area contributed by atoms with E-state index in [1.807, 2.05) is 13.8 Å². The van der Waals surface area contributed by atoms with Gasteiger partial charge < -0.3 is 11.1 Å². The Kier molecular flexibility index (Phi) is 4.93. The third-order valence-corrected chi connectivity index (χ3v) is 2.91. The lowest BCUT2D eigenvalue weighted by Gasteiger charge is -2.17. The Bertz CT molecular complexity index is 489. The van der Waals surface area contributed by atoms with Crippen molar-refractivity contribution in [1.82, 2.24) is 0 Å². The summed E-state index contributed by atoms with van der Waals surface area (Å²) in [5, 5.41) is 13.6. The predicted octanol–water partition coefficient (Wildman–Crippen LogP) is 3.01. The zero-order valence-electron chi connectivity index (χ0n) is 11.1. The Morgan fingerprint density at radius 3 is 2.45 bits per heavy atom. The molecule has 1 unspecified atom stereocenters. The van der Waals surface area contributed by atoms with E-state index in [0.717, 1.165) is 12.1 Å². The van der Waals surface area contributed by atoms with Crippen LogP contribution in [-0.4, -0.2) is 17.5 Å². The number of nitrogens with one attached hydrogen (secondary N) is 1. The number of alkyl halides is 3. The maximum Gasteiger partial charge on any atom is 0.416 e. The lowest BCUT2D eigenvalue weighted by molar-refractivity contribution is -0.384. The topological polar surface area (TPSA) is 81.2 Å². The van der Waals surface area contributed by atoms with Gasteiger partial charge in [-0.05, 0) is 18.1 Å². The Morgan fingerprint density at radius 1 is 1.40 bits per heavy atom. The molecule has 3 N–H and O–H groups in total. The van der Waals surface area contributed by atoms with Crippen molar-refractivity contribution < 1.29 is 18.1 Å². The van der Waals surface area contributed by atoms with Gasteiger partial charge in [0, 0.05) is 18.7 Å². The van der Waals surface area contributed by atoms with Gasteiger partial charge in [0.15, 0.2) is 0 Å². The fourth-order valence-electron chi connectivity index (χ4n) is 1.47. The van der Waals surface area contributed by atoms with Gasteiger partial charge >= 0.3 is 6.18 Å². The van der Waals surface area contributed by atoms with Gasteiger partial charge in [-0.15, -0.1) is 0 Å². The highest BCUT2D eigenvalue weighted by molar-refractivity contribution is 5.63. The summed E-state index contributed by atoms with van der Waals surface area (Å²) >= 11 is 0. The van der Waals surface area contributed by atoms with Crippen LogP contribution in [0.4, 0.5) is 24.5 Å². The van der Waals surface area contributed by atoms with Crippen molar-refractivity contribution >= 4 is 11.4 Å². The smallest absolute Gasteiger partial charge is 0.378 e. The highest BCUT2D eigenvalue weighted by atomic mass is 19.4. The molecule has 0 heterocycles. The predicted molar refractivity (Wildman–Crippen MR) is 69.4 cm³/mol. The third-order valence-electron chi connectivity index (χ3n) is 2.91. The van der Waals surface area contributed by atoms with E-state index < -0.39 is 22.4 Å². The molecule has 0 bridgehead atoms. The minimum atomic E-state index is -4.61. The van der Waals surface area contributed by atoms with Gasteiger partial charge in [0.1, 0.15) is 5.69 Å². The summed E-state index contributed by atoms with van der Waals surface area (Å²) in [4.78, 5) is 10.00. The molecule has 20 heavy (non-hydrogen) atoms. The van der Waals surface area contributed by atoms with E-state index in [1.54, 1.807) is 0 Å². The van der Waals surface area contributed by atoms with Crippen molar-refractivity contribution in [2.45, 2.75) is 26.1 Å². The second-order valence-electron chi connectivity index (χ2n) is 4.78. The quantitative estimate of drug-likeness (QED) is 0.645. The van der Waals surface area contributed by atoms with Gasteiger partial charge in [-0.1, -0.05) is 13.8 Å². The first-order valence-electron chi connectivity index (χ1n) is 5.98. The van der Waals surface area contributed by atoms with Gasteiger partial charge in [-0.25, -0.2) is 0 Å². The van der Waals surface area contributed by atoms with Crippen molar-refractivity contribution in [3.8, 4) is 0 Å². The van der Waals surface area contributed by atoms with Gasteiger partial charge in [0.2, 0.25) is 0 Å². The number of rotatable bonds is 5. The van der Waals surface area contributed by atoms with Crippen LogP contribution in [0.5, 0.6) is 0 Å². The molecule has 112 valence electrons. The van der Waals surface area contributed by atoms with Crippen molar-refractivity contribution in [3.63, 3.8) is 0 Å². The Balaban J connectivity index is 3.00. The number of nitro benzene ring substituents is 1. The number of benzene rings is 1. The van der Waals surface area contributed by atoms with Crippen LogP contribution in [0.25, 0.3) is 0 Å². The first kappa shape index (κ1) is 16.2. The SMILES string of the molecule is CC(C)C(N)CNc1ccc(C(F)(F)F)cc1[N+](=O)[O-]. The van der Waals surface area contributed by atoms with E-state index in [0.29, 0.717) is 6.07 Å². The molecule has 1 rings (SSSR count). The molecule has 0 saturated heterocycles. The molecule has 0 saturated carbocycles. The van der Waals surface area contributed by atoms with E-state index in [1.165, 1.54) is 0 Å². The molecule has 0 spiro atoms. The molecule has 1 atom stereocenters. The van der Waals surface area contributed by atoms with Crippen molar-refractivity contribution in [1.29, 1.82) is 0 Å². The molecule has 1 aromatic carbocycles. The molecule has 0 fully saturated rings. The highest BCUT2D eigenvalue weighted by Gasteiger charge is 2.33. The van der Waals surface area contributed by atoms with Crippen LogP contribution in [-0.2, 0) is 6.18 Å².